The summed E-state index contributed by atoms with van der Waals surface area (Å²) < 4.78 is 20.9. The summed E-state index contributed by atoms with van der Waals surface area (Å²) in [5, 5.41) is 33.2. The van der Waals surface area contributed by atoms with Crippen molar-refractivity contribution in [3.63, 3.8) is 0 Å². The van der Waals surface area contributed by atoms with Gasteiger partial charge >= 0.3 is 39.1 Å². The molecule has 0 aromatic heterocycles. The van der Waals surface area contributed by atoms with Crippen LogP contribution >= 0.6 is 15.2 Å². The molecule has 0 aromatic rings. The fraction of sp³-hybridized carbons (Fsp3) is 0.600. The van der Waals surface area contributed by atoms with Crippen molar-refractivity contribution in [2.45, 2.75) is 0 Å². The lowest BCUT2D eigenvalue weighted by Crippen LogP contribution is -2.35. The largest absolute Gasteiger partial charge is 0.480 e. The molecule has 28 heavy (non-hydrogen) atoms. The van der Waals surface area contributed by atoms with Gasteiger partial charge in [0, 0.05) is 0 Å². The molecule has 8 N–H and O–H groups in total. The Kier molecular flexibility index (Phi) is 12.7. The second-order valence-corrected chi connectivity index (χ2v) is 8.39. The zero-order chi connectivity index (χ0) is 22.7. The molecule has 0 aliphatic carbocycles. The van der Waals surface area contributed by atoms with Gasteiger partial charge in [-0.25, -0.2) is 0 Å². The topological polar surface area (TPSA) is 271 Å². The van der Waals surface area contributed by atoms with E-state index >= 15 is 0 Å². The van der Waals surface area contributed by atoms with E-state index in [1.807, 2.05) is 0 Å². The molecule has 0 saturated carbocycles. The van der Waals surface area contributed by atoms with E-state index in [0.717, 1.165) is 0 Å². The number of rotatable bonds is 12. The number of hydrogen-bond donors (Lipinski definition) is 8. The first-order chi connectivity index (χ1) is 12.4. The quantitative estimate of drug-likeness (QED) is 0.138. The molecule has 18 heteroatoms. The van der Waals surface area contributed by atoms with Gasteiger partial charge in [0.2, 0.25) is 0 Å². The van der Waals surface area contributed by atoms with Gasteiger partial charge in [-0.05, 0) is 0 Å². The second kappa shape index (κ2) is 12.5. The van der Waals surface area contributed by atoms with Crippen LogP contribution in [0.2, 0.25) is 0 Å². The van der Waals surface area contributed by atoms with Crippen LogP contribution in [-0.2, 0) is 28.3 Å². The molecule has 0 aliphatic rings. The molecule has 0 rings (SSSR count). The van der Waals surface area contributed by atoms with E-state index in [1.54, 1.807) is 0 Å². The molecule has 164 valence electrons. The molecule has 0 radical (unpaired) electrons. The lowest BCUT2D eigenvalue weighted by molar-refractivity contribution is -0.143. The van der Waals surface area contributed by atoms with E-state index in [0.29, 0.717) is 9.80 Å². The number of carboxylic acids is 4. The molecule has 0 atom stereocenters. The zero-order valence-electron chi connectivity index (χ0n) is 14.1. The van der Waals surface area contributed by atoms with E-state index < -0.39 is 77.8 Å². The summed E-state index contributed by atoms with van der Waals surface area (Å²) >= 11 is 0. The maximum Gasteiger partial charge on any atom is 0.339 e. The molecule has 0 aliphatic heterocycles. The van der Waals surface area contributed by atoms with Gasteiger partial charge in [-0.3, -0.25) is 38.1 Å². The summed E-state index contributed by atoms with van der Waals surface area (Å²) in [5.41, 5.74) is 0. The lowest BCUT2D eigenvalue weighted by Gasteiger charge is -2.17. The molecule has 0 spiro atoms. The highest BCUT2D eigenvalue weighted by atomic mass is 31.2. The van der Waals surface area contributed by atoms with E-state index in [1.165, 1.54) is 0 Å². The van der Waals surface area contributed by atoms with Crippen LogP contribution in [0.15, 0.2) is 0 Å². The highest BCUT2D eigenvalue weighted by Crippen LogP contribution is 2.35. The number of nitrogens with zero attached hydrogens (tertiary/aromatic N) is 2. The van der Waals surface area contributed by atoms with Gasteiger partial charge in [0.1, 0.15) is 12.6 Å². The lowest BCUT2D eigenvalue weighted by atomic mass is 10.5. The van der Waals surface area contributed by atoms with Gasteiger partial charge in [0.05, 0.1) is 26.2 Å². The minimum Gasteiger partial charge on any atom is -0.480 e. The number of aliphatic carboxylic acids is 4. The first kappa shape index (κ1) is 28.3. The summed E-state index contributed by atoms with van der Waals surface area (Å²) in [5.74, 6) is -5.39. The standard InChI is InChI=1S/2C5H10NO7P/c2*7-4(8)1-6(2-5(9)10)3-14(11,12)13/h2*1-3H2,(H,7,8)(H,9,10)(H2,11,12,13). The Bertz CT molecular complexity index is 567. The molecule has 0 amide bonds. The Balaban J connectivity index is 0. The van der Waals surface area contributed by atoms with Crippen molar-refractivity contribution >= 4 is 39.1 Å². The Morgan fingerprint density at radius 3 is 0.821 bits per heavy atom. The second-order valence-electron chi connectivity index (χ2n) is 5.16. The van der Waals surface area contributed by atoms with Gasteiger partial charge in [0.15, 0.2) is 0 Å². The highest BCUT2D eigenvalue weighted by Gasteiger charge is 2.23. The maximum atomic E-state index is 10.5. The van der Waals surface area contributed by atoms with Crippen LogP contribution in [0.5, 0.6) is 0 Å². The summed E-state index contributed by atoms with van der Waals surface area (Å²) in [6.07, 6.45) is -1.77. The normalized spacial score (nSPS) is 11.6. The van der Waals surface area contributed by atoms with Crippen LogP contribution in [0.25, 0.3) is 0 Å². The van der Waals surface area contributed by atoms with Crippen LogP contribution in [0.3, 0.4) is 0 Å². The number of carbonyl (C=O) groups is 4. The molecule has 0 heterocycles. The summed E-state index contributed by atoms with van der Waals surface area (Å²) in [4.78, 5) is 76.0. The Morgan fingerprint density at radius 2 is 0.714 bits per heavy atom. The minimum absolute atomic E-state index is 0.644. The van der Waals surface area contributed by atoms with Gasteiger partial charge in [0.25, 0.3) is 0 Å². The smallest absolute Gasteiger partial charge is 0.339 e. The van der Waals surface area contributed by atoms with Crippen LogP contribution in [-0.4, -0.2) is 112 Å². The summed E-state index contributed by atoms with van der Waals surface area (Å²) in [7, 11) is -8.87. The fourth-order valence-corrected chi connectivity index (χ4v) is 3.04. The van der Waals surface area contributed by atoms with Crippen molar-refractivity contribution in [2.75, 3.05) is 38.8 Å². The molecular weight excluding hydrogens is 434 g/mol. The predicted octanol–water partition coefficient (Wildman–Crippen LogP) is -2.81. The van der Waals surface area contributed by atoms with Crippen molar-refractivity contribution in [1.29, 1.82) is 0 Å². The average Bonchev–Trinajstić information content (AvgIpc) is 2.30. The molecule has 0 saturated heterocycles. The molecule has 0 aromatic carbocycles. The van der Waals surface area contributed by atoms with Gasteiger partial charge in [-0.2, -0.15) is 0 Å². The predicted molar refractivity (Wildman–Crippen MR) is 87.5 cm³/mol. The number of carboxylic acid groups (broad SMARTS) is 4. The fourth-order valence-electron chi connectivity index (χ4n) is 1.60. The summed E-state index contributed by atoms with van der Waals surface area (Å²) in [6, 6.07) is 0. The van der Waals surface area contributed by atoms with Crippen molar-refractivity contribution in [1.82, 2.24) is 9.80 Å². The third kappa shape index (κ3) is 22.1. The molecular formula is C10H20N2O14P2. The molecule has 0 unspecified atom stereocenters. The van der Waals surface area contributed by atoms with Crippen molar-refractivity contribution in [3.05, 3.63) is 0 Å². The van der Waals surface area contributed by atoms with Crippen LogP contribution in [0.1, 0.15) is 0 Å². The highest BCUT2D eigenvalue weighted by molar-refractivity contribution is 7.51. The Labute approximate surface area is 156 Å². The first-order valence-electron chi connectivity index (χ1n) is 6.82. The van der Waals surface area contributed by atoms with E-state index in [-0.39, 0.29) is 0 Å². The number of hydrogen-bond acceptors (Lipinski definition) is 8. The molecule has 16 nitrogen and oxygen atoms in total. The van der Waals surface area contributed by atoms with Crippen molar-refractivity contribution < 1.29 is 68.3 Å². The molecule has 0 bridgehead atoms. The van der Waals surface area contributed by atoms with Crippen LogP contribution in [0, 0.1) is 0 Å². The van der Waals surface area contributed by atoms with Crippen LogP contribution in [0.4, 0.5) is 0 Å². The van der Waals surface area contributed by atoms with Crippen molar-refractivity contribution in [2.24, 2.45) is 0 Å². The van der Waals surface area contributed by atoms with E-state index in [4.69, 9.17) is 40.0 Å². The summed E-state index contributed by atoms with van der Waals surface area (Å²) in [6.45, 7) is -2.90. The Morgan fingerprint density at radius 1 is 0.536 bits per heavy atom. The minimum atomic E-state index is -4.44. The van der Waals surface area contributed by atoms with Gasteiger partial charge in [-0.1, -0.05) is 0 Å². The monoisotopic (exact) mass is 454 g/mol. The van der Waals surface area contributed by atoms with Gasteiger partial charge < -0.3 is 40.0 Å². The van der Waals surface area contributed by atoms with E-state index in [9.17, 15) is 28.3 Å². The first-order valence-corrected chi connectivity index (χ1v) is 10.4. The van der Waals surface area contributed by atoms with Crippen LogP contribution < -0.4 is 0 Å². The third-order valence-corrected chi connectivity index (χ3v) is 3.74. The maximum absolute atomic E-state index is 10.5. The molecule has 0 fully saturated rings. The Hall–Kier alpha value is -1.90. The average molecular weight is 454 g/mol. The van der Waals surface area contributed by atoms with Crippen molar-refractivity contribution in [3.8, 4) is 0 Å². The third-order valence-electron chi connectivity index (χ3n) is 2.20. The van der Waals surface area contributed by atoms with Gasteiger partial charge in [-0.15, -0.1) is 0 Å². The SMILES string of the molecule is O=C(O)CN(CC(=O)O)CP(=O)(O)O.O=C(O)CN(CC(=O)O)CP(=O)(O)O. The zero-order valence-corrected chi connectivity index (χ0v) is 15.8. The van der Waals surface area contributed by atoms with E-state index in [2.05, 4.69) is 0 Å².